The Hall–Kier alpha value is -1.06. The van der Waals surface area contributed by atoms with Crippen LogP contribution in [0.3, 0.4) is 0 Å². The van der Waals surface area contributed by atoms with E-state index in [2.05, 4.69) is 4.74 Å². The molecular weight excluding hydrogens is 218 g/mol. The van der Waals surface area contributed by atoms with E-state index in [4.69, 9.17) is 0 Å². The molecule has 0 aliphatic heterocycles. The maximum absolute atomic E-state index is 12.1. The molecule has 0 bridgehead atoms. The average Bonchev–Trinajstić information content (AvgIpc) is 2.94. The molecule has 0 spiro atoms. The number of carbonyl (C=O) groups excluding carboxylic acids is 2. The van der Waals surface area contributed by atoms with Gasteiger partial charge in [-0.3, -0.25) is 9.59 Å². The van der Waals surface area contributed by atoms with Crippen molar-refractivity contribution in [3.63, 3.8) is 0 Å². The highest BCUT2D eigenvalue weighted by molar-refractivity contribution is 5.79. The third kappa shape index (κ3) is 2.99. The monoisotopic (exact) mass is 239 g/mol. The first-order chi connectivity index (χ1) is 8.11. The molecule has 0 aromatic carbocycles. The second-order valence-corrected chi connectivity index (χ2v) is 5.36. The molecule has 0 aromatic heterocycles. The van der Waals surface area contributed by atoms with Crippen LogP contribution in [0.5, 0.6) is 0 Å². The van der Waals surface area contributed by atoms with Crippen LogP contribution < -0.4 is 0 Å². The van der Waals surface area contributed by atoms with Gasteiger partial charge in [-0.05, 0) is 37.5 Å². The van der Waals surface area contributed by atoms with E-state index in [1.807, 2.05) is 7.05 Å². The summed E-state index contributed by atoms with van der Waals surface area (Å²) in [4.78, 5) is 24.8. The number of methoxy groups -OCH3 is 1. The predicted octanol–water partition coefficient (Wildman–Crippen LogP) is 1.44. The maximum atomic E-state index is 12.1. The molecule has 4 heteroatoms. The summed E-state index contributed by atoms with van der Waals surface area (Å²) in [5.41, 5.74) is 0. The Morgan fingerprint density at radius 3 is 2.47 bits per heavy atom. The molecule has 17 heavy (non-hydrogen) atoms. The summed E-state index contributed by atoms with van der Waals surface area (Å²) in [7, 11) is 3.23. The van der Waals surface area contributed by atoms with Gasteiger partial charge in [0.2, 0.25) is 5.91 Å². The lowest BCUT2D eigenvalue weighted by atomic mass is 10.0. The summed E-state index contributed by atoms with van der Waals surface area (Å²) in [5.74, 6) is 2.00. The lowest BCUT2D eigenvalue weighted by Gasteiger charge is -2.21. The molecule has 96 valence electrons. The number of fused-ring (bicyclic) bond motifs is 1. The third-order valence-electron chi connectivity index (χ3n) is 4.07. The number of rotatable bonds is 5. The molecular formula is C13H21NO3. The average molecular weight is 239 g/mol. The highest BCUT2D eigenvalue weighted by atomic mass is 16.5. The molecule has 1 amide bonds. The summed E-state index contributed by atoms with van der Waals surface area (Å²) in [6, 6.07) is 0. The third-order valence-corrected chi connectivity index (χ3v) is 4.07. The van der Waals surface area contributed by atoms with Gasteiger partial charge in [-0.2, -0.15) is 0 Å². The Balaban J connectivity index is 1.66. The van der Waals surface area contributed by atoms with Crippen molar-refractivity contribution < 1.29 is 14.3 Å². The fourth-order valence-corrected chi connectivity index (χ4v) is 2.90. The Morgan fingerprint density at radius 1 is 1.24 bits per heavy atom. The molecule has 2 atom stereocenters. The molecule has 4 nitrogen and oxygen atoms in total. The van der Waals surface area contributed by atoms with Crippen LogP contribution in [0.2, 0.25) is 0 Å². The van der Waals surface area contributed by atoms with Crippen LogP contribution >= 0.6 is 0 Å². The maximum Gasteiger partial charge on any atom is 0.305 e. The van der Waals surface area contributed by atoms with Crippen molar-refractivity contribution in [2.45, 2.75) is 32.1 Å². The zero-order valence-electron chi connectivity index (χ0n) is 10.6. The van der Waals surface area contributed by atoms with Gasteiger partial charge in [0.25, 0.3) is 0 Å². The molecule has 0 radical (unpaired) electrons. The van der Waals surface area contributed by atoms with E-state index in [-0.39, 0.29) is 17.8 Å². The zero-order valence-corrected chi connectivity index (χ0v) is 10.6. The Morgan fingerprint density at radius 2 is 1.88 bits per heavy atom. The highest BCUT2D eigenvalue weighted by Gasteiger charge is 2.48. The van der Waals surface area contributed by atoms with Gasteiger partial charge in [0, 0.05) is 25.9 Å². The van der Waals surface area contributed by atoms with Crippen LogP contribution in [-0.2, 0) is 14.3 Å². The lowest BCUT2D eigenvalue weighted by Crippen LogP contribution is -2.33. The summed E-state index contributed by atoms with van der Waals surface area (Å²) < 4.78 is 4.57. The van der Waals surface area contributed by atoms with Gasteiger partial charge in [0.05, 0.1) is 7.11 Å². The first-order valence-corrected chi connectivity index (χ1v) is 6.43. The number of amides is 1. The van der Waals surface area contributed by atoms with Crippen molar-refractivity contribution in [1.82, 2.24) is 4.90 Å². The highest BCUT2D eigenvalue weighted by Crippen LogP contribution is 2.54. The quantitative estimate of drug-likeness (QED) is 0.682. The van der Waals surface area contributed by atoms with Gasteiger partial charge < -0.3 is 9.64 Å². The van der Waals surface area contributed by atoms with Crippen molar-refractivity contribution in [3.05, 3.63) is 0 Å². The standard InChI is InChI=1S/C13H21NO3/c1-14(5-3-4-12(15)17-2)13(16)11-7-9-6-10(9)8-11/h9-11H,3-8H2,1-2H3. The number of carbonyl (C=O) groups is 2. The van der Waals surface area contributed by atoms with Gasteiger partial charge in [0.15, 0.2) is 0 Å². The van der Waals surface area contributed by atoms with Gasteiger partial charge in [-0.15, -0.1) is 0 Å². The van der Waals surface area contributed by atoms with Crippen molar-refractivity contribution in [2.75, 3.05) is 20.7 Å². The van der Waals surface area contributed by atoms with E-state index in [0.29, 0.717) is 19.4 Å². The van der Waals surface area contributed by atoms with Crippen LogP contribution in [0.15, 0.2) is 0 Å². The van der Waals surface area contributed by atoms with Crippen LogP contribution in [-0.4, -0.2) is 37.5 Å². The van der Waals surface area contributed by atoms with Crippen LogP contribution in [0.25, 0.3) is 0 Å². The molecule has 0 aromatic rings. The molecule has 0 heterocycles. The number of nitrogens with zero attached hydrogens (tertiary/aromatic N) is 1. The van der Waals surface area contributed by atoms with E-state index in [1.54, 1.807) is 4.90 Å². The topological polar surface area (TPSA) is 46.6 Å². The summed E-state index contributed by atoms with van der Waals surface area (Å²) in [5, 5.41) is 0. The molecule has 2 unspecified atom stereocenters. The zero-order chi connectivity index (χ0) is 12.4. The minimum Gasteiger partial charge on any atom is -0.469 e. The normalized spacial score (nSPS) is 29.6. The summed E-state index contributed by atoms with van der Waals surface area (Å²) in [6.07, 6.45) is 4.60. The minimum atomic E-state index is -0.201. The number of hydrogen-bond donors (Lipinski definition) is 0. The summed E-state index contributed by atoms with van der Waals surface area (Å²) in [6.45, 7) is 0.653. The minimum absolute atomic E-state index is 0.201. The molecule has 0 N–H and O–H groups in total. The first kappa shape index (κ1) is 12.4. The van der Waals surface area contributed by atoms with Crippen LogP contribution in [0.4, 0.5) is 0 Å². The van der Waals surface area contributed by atoms with Crippen molar-refractivity contribution in [3.8, 4) is 0 Å². The van der Waals surface area contributed by atoms with Gasteiger partial charge in [-0.1, -0.05) is 0 Å². The van der Waals surface area contributed by atoms with Gasteiger partial charge in [-0.25, -0.2) is 0 Å². The molecule has 2 saturated carbocycles. The Kier molecular flexibility index (Phi) is 3.69. The molecule has 2 rings (SSSR count). The number of hydrogen-bond acceptors (Lipinski definition) is 3. The molecule has 2 fully saturated rings. The second-order valence-electron chi connectivity index (χ2n) is 5.36. The van der Waals surface area contributed by atoms with E-state index in [0.717, 1.165) is 24.7 Å². The van der Waals surface area contributed by atoms with Crippen LogP contribution in [0.1, 0.15) is 32.1 Å². The van der Waals surface area contributed by atoms with Gasteiger partial charge >= 0.3 is 5.97 Å². The number of esters is 1. The van der Waals surface area contributed by atoms with Gasteiger partial charge in [0.1, 0.15) is 0 Å². The second kappa shape index (κ2) is 5.07. The van der Waals surface area contributed by atoms with E-state index >= 15 is 0 Å². The summed E-state index contributed by atoms with van der Waals surface area (Å²) >= 11 is 0. The first-order valence-electron chi connectivity index (χ1n) is 6.43. The fourth-order valence-electron chi connectivity index (χ4n) is 2.90. The fraction of sp³-hybridized carbons (Fsp3) is 0.846. The van der Waals surface area contributed by atoms with Crippen molar-refractivity contribution in [1.29, 1.82) is 0 Å². The predicted molar refractivity (Wildman–Crippen MR) is 63.2 cm³/mol. The number of ether oxygens (including phenoxy) is 1. The molecule has 2 aliphatic rings. The van der Waals surface area contributed by atoms with E-state index < -0.39 is 0 Å². The molecule has 0 saturated heterocycles. The molecule has 2 aliphatic carbocycles. The SMILES string of the molecule is COC(=O)CCCN(C)C(=O)C1CC2CC2C1. The Labute approximate surface area is 102 Å². The Bertz CT molecular complexity index is 306. The largest absolute Gasteiger partial charge is 0.469 e. The van der Waals surface area contributed by atoms with E-state index in [1.165, 1.54) is 13.5 Å². The smallest absolute Gasteiger partial charge is 0.305 e. The van der Waals surface area contributed by atoms with E-state index in [9.17, 15) is 9.59 Å². The van der Waals surface area contributed by atoms with Crippen LogP contribution in [0, 0.1) is 17.8 Å². The lowest BCUT2D eigenvalue weighted by molar-refractivity contribution is -0.141. The van der Waals surface area contributed by atoms with Crippen molar-refractivity contribution >= 4 is 11.9 Å². The van der Waals surface area contributed by atoms with Crippen molar-refractivity contribution in [2.24, 2.45) is 17.8 Å².